The lowest BCUT2D eigenvalue weighted by Gasteiger charge is -1.97. The van der Waals surface area contributed by atoms with Crippen LogP contribution in [0, 0.1) is 3.77 Å². The smallest absolute Gasteiger partial charge is 0.263 e. The van der Waals surface area contributed by atoms with Gasteiger partial charge in [-0.25, -0.2) is 5.43 Å². The molecule has 0 bridgehead atoms. The summed E-state index contributed by atoms with van der Waals surface area (Å²) in [5, 5.41) is 15.7. The van der Waals surface area contributed by atoms with Crippen molar-refractivity contribution in [3.63, 3.8) is 0 Å². The summed E-state index contributed by atoms with van der Waals surface area (Å²) in [5.74, 6) is 0.659. The molecule has 23 heavy (non-hydrogen) atoms. The molecule has 1 aromatic carbocycles. The molecule has 2 heterocycles. The third-order valence-electron chi connectivity index (χ3n) is 2.74. The number of halogens is 1. The van der Waals surface area contributed by atoms with E-state index < -0.39 is 0 Å². The van der Waals surface area contributed by atoms with Gasteiger partial charge in [0.15, 0.2) is 3.77 Å². The van der Waals surface area contributed by atoms with Crippen molar-refractivity contribution in [3.05, 3.63) is 52.0 Å². The summed E-state index contributed by atoms with van der Waals surface area (Å²) in [6.45, 7) is -0.0765. The van der Waals surface area contributed by atoms with Gasteiger partial charge >= 0.3 is 0 Å². The van der Waals surface area contributed by atoms with E-state index in [2.05, 4.69) is 25.9 Å². The molecule has 0 radical (unpaired) electrons. The fourth-order valence-corrected chi connectivity index (χ4v) is 2.18. The molecule has 0 fully saturated rings. The van der Waals surface area contributed by atoms with E-state index in [1.807, 2.05) is 52.9 Å². The van der Waals surface area contributed by atoms with Crippen LogP contribution in [0.2, 0.25) is 0 Å². The molecule has 116 valence electrons. The number of hydrogen-bond donors (Lipinski definition) is 1. The molecule has 0 saturated carbocycles. The number of tetrazole rings is 1. The number of nitrogens with zero attached hydrogens (tertiary/aromatic N) is 5. The van der Waals surface area contributed by atoms with Crippen LogP contribution in [0.5, 0.6) is 0 Å². The van der Waals surface area contributed by atoms with Crippen LogP contribution < -0.4 is 5.43 Å². The van der Waals surface area contributed by atoms with Gasteiger partial charge in [-0.3, -0.25) is 4.79 Å². The average Bonchev–Trinajstić information content (AvgIpc) is 3.17. The Bertz CT molecular complexity index is 827. The fourth-order valence-electron chi connectivity index (χ4n) is 1.74. The molecule has 1 amide bonds. The highest BCUT2D eigenvalue weighted by atomic mass is 127. The van der Waals surface area contributed by atoms with Crippen molar-refractivity contribution in [1.29, 1.82) is 0 Å². The first-order chi connectivity index (χ1) is 11.2. The second-order valence-corrected chi connectivity index (χ2v) is 5.51. The third-order valence-corrected chi connectivity index (χ3v) is 3.32. The minimum atomic E-state index is -0.362. The molecule has 0 spiro atoms. The number of nitrogens with one attached hydrogen (secondary N) is 1. The molecule has 0 aliphatic rings. The van der Waals surface area contributed by atoms with Crippen LogP contribution >= 0.6 is 22.6 Å². The minimum absolute atomic E-state index is 0.0765. The summed E-state index contributed by atoms with van der Waals surface area (Å²) in [4.78, 5) is 13.0. The lowest BCUT2D eigenvalue weighted by molar-refractivity contribution is -0.122. The number of carbonyl (C=O) groups excluding carboxylic acids is 1. The second kappa shape index (κ2) is 7.13. The van der Waals surface area contributed by atoms with Gasteiger partial charge in [-0.1, -0.05) is 30.3 Å². The summed E-state index contributed by atoms with van der Waals surface area (Å²) >= 11 is 2.05. The molecule has 0 atom stereocenters. The maximum atomic E-state index is 11.8. The minimum Gasteiger partial charge on any atom is -0.449 e. The number of hydrazone groups is 1. The Labute approximate surface area is 144 Å². The van der Waals surface area contributed by atoms with E-state index >= 15 is 0 Å². The zero-order valence-electron chi connectivity index (χ0n) is 11.8. The molecule has 0 unspecified atom stereocenters. The van der Waals surface area contributed by atoms with Crippen molar-refractivity contribution in [2.24, 2.45) is 5.10 Å². The summed E-state index contributed by atoms with van der Waals surface area (Å²) in [6, 6.07) is 13.0. The lowest BCUT2D eigenvalue weighted by atomic mass is 10.2. The molecule has 3 aromatic rings. The van der Waals surface area contributed by atoms with Gasteiger partial charge < -0.3 is 4.42 Å². The number of benzene rings is 1. The van der Waals surface area contributed by atoms with Crippen LogP contribution in [-0.2, 0) is 11.3 Å². The van der Waals surface area contributed by atoms with E-state index in [0.29, 0.717) is 11.6 Å². The Morgan fingerprint density at radius 1 is 1.30 bits per heavy atom. The highest BCUT2D eigenvalue weighted by Crippen LogP contribution is 2.11. The first-order valence-corrected chi connectivity index (χ1v) is 7.69. The number of hydrogen-bond acceptors (Lipinski definition) is 6. The van der Waals surface area contributed by atoms with Crippen LogP contribution in [0.25, 0.3) is 11.4 Å². The van der Waals surface area contributed by atoms with Crippen LogP contribution in [0.4, 0.5) is 0 Å². The van der Waals surface area contributed by atoms with E-state index in [0.717, 1.165) is 9.33 Å². The summed E-state index contributed by atoms with van der Waals surface area (Å²) in [6.07, 6.45) is 1.42. The highest BCUT2D eigenvalue weighted by Gasteiger charge is 2.08. The third kappa shape index (κ3) is 4.22. The largest absolute Gasteiger partial charge is 0.449 e. The molecular weight excluding hydrogens is 411 g/mol. The Morgan fingerprint density at radius 3 is 2.87 bits per heavy atom. The molecular formula is C14H11IN6O2. The molecule has 9 heteroatoms. The zero-order chi connectivity index (χ0) is 16.1. The second-order valence-electron chi connectivity index (χ2n) is 4.44. The summed E-state index contributed by atoms with van der Waals surface area (Å²) in [5.41, 5.74) is 3.21. The zero-order valence-corrected chi connectivity index (χ0v) is 13.9. The molecule has 0 aliphatic heterocycles. The van der Waals surface area contributed by atoms with Gasteiger partial charge in [-0.05, 0) is 39.9 Å². The Morgan fingerprint density at radius 2 is 2.13 bits per heavy atom. The van der Waals surface area contributed by atoms with Crippen molar-refractivity contribution >= 4 is 34.7 Å². The normalized spacial score (nSPS) is 11.0. The Hall–Kier alpha value is -2.56. The van der Waals surface area contributed by atoms with Crippen molar-refractivity contribution in [2.45, 2.75) is 6.54 Å². The van der Waals surface area contributed by atoms with Gasteiger partial charge in [0.1, 0.15) is 12.3 Å². The van der Waals surface area contributed by atoms with Gasteiger partial charge in [0.25, 0.3) is 5.91 Å². The van der Waals surface area contributed by atoms with Gasteiger partial charge in [-0.2, -0.15) is 9.90 Å². The van der Waals surface area contributed by atoms with E-state index in [-0.39, 0.29) is 12.5 Å². The quantitative estimate of drug-likeness (QED) is 0.384. The fraction of sp³-hybridized carbons (Fsp3) is 0.0714. The molecule has 1 N–H and O–H groups in total. The molecule has 0 aliphatic carbocycles. The lowest BCUT2D eigenvalue weighted by Crippen LogP contribution is -2.24. The topological polar surface area (TPSA) is 98.2 Å². The van der Waals surface area contributed by atoms with Crippen LogP contribution in [0.1, 0.15) is 5.76 Å². The van der Waals surface area contributed by atoms with Gasteiger partial charge in [-0.15, -0.1) is 10.2 Å². The van der Waals surface area contributed by atoms with Crippen LogP contribution in [0.15, 0.2) is 52.0 Å². The van der Waals surface area contributed by atoms with Gasteiger partial charge in [0.05, 0.1) is 6.21 Å². The van der Waals surface area contributed by atoms with E-state index in [1.165, 1.54) is 11.0 Å². The first kappa shape index (κ1) is 15.3. The predicted molar refractivity (Wildman–Crippen MR) is 90.4 cm³/mol. The average molecular weight is 422 g/mol. The van der Waals surface area contributed by atoms with Crippen LogP contribution in [0.3, 0.4) is 0 Å². The monoisotopic (exact) mass is 422 g/mol. The molecule has 2 aromatic heterocycles. The molecule has 3 rings (SSSR count). The summed E-state index contributed by atoms with van der Waals surface area (Å²) in [7, 11) is 0. The molecule has 8 nitrogen and oxygen atoms in total. The van der Waals surface area contributed by atoms with Crippen molar-refractivity contribution in [2.75, 3.05) is 0 Å². The highest BCUT2D eigenvalue weighted by molar-refractivity contribution is 14.1. The predicted octanol–water partition coefficient (Wildman–Crippen LogP) is 1.69. The summed E-state index contributed by atoms with van der Waals surface area (Å²) < 4.78 is 6.03. The number of amides is 1. The Kier molecular flexibility index (Phi) is 4.76. The Balaban J connectivity index is 1.56. The van der Waals surface area contributed by atoms with E-state index in [1.54, 1.807) is 12.1 Å². The first-order valence-electron chi connectivity index (χ1n) is 6.61. The SMILES string of the molecule is O=C(Cn1nnc(-c2ccccc2)n1)N/N=C/c1ccc(I)o1. The number of rotatable bonds is 5. The number of aromatic nitrogens is 4. The maximum Gasteiger partial charge on any atom is 0.263 e. The molecule has 0 saturated heterocycles. The standard InChI is InChI=1S/C14H11IN6O2/c15-12-7-6-11(23-12)8-16-17-13(22)9-21-19-14(18-20-21)10-4-2-1-3-5-10/h1-8H,9H2,(H,17,22)/b16-8+. The van der Waals surface area contributed by atoms with E-state index in [4.69, 9.17) is 4.42 Å². The van der Waals surface area contributed by atoms with Crippen molar-refractivity contribution in [1.82, 2.24) is 25.6 Å². The van der Waals surface area contributed by atoms with Crippen LogP contribution in [-0.4, -0.2) is 32.3 Å². The maximum absolute atomic E-state index is 11.8. The van der Waals surface area contributed by atoms with E-state index in [9.17, 15) is 4.79 Å². The van der Waals surface area contributed by atoms with Crippen molar-refractivity contribution < 1.29 is 9.21 Å². The number of furan rings is 1. The van der Waals surface area contributed by atoms with Crippen molar-refractivity contribution in [3.8, 4) is 11.4 Å². The van der Waals surface area contributed by atoms with Gasteiger partial charge in [0, 0.05) is 5.56 Å². The van der Waals surface area contributed by atoms with Gasteiger partial charge in [0.2, 0.25) is 5.82 Å². The number of carbonyl (C=O) groups is 1.